The first-order valence-electron chi connectivity index (χ1n) is 9.95. The quantitative estimate of drug-likeness (QED) is 0.722. The number of carbonyl (C=O) groups is 2. The first-order chi connectivity index (χ1) is 14.2. The summed E-state index contributed by atoms with van der Waals surface area (Å²) >= 11 is 0. The summed E-state index contributed by atoms with van der Waals surface area (Å²) in [5.41, 5.74) is 2.05. The Morgan fingerprint density at radius 3 is 2.45 bits per heavy atom. The number of urea groups is 1. The molecule has 3 rings (SSSR count). The summed E-state index contributed by atoms with van der Waals surface area (Å²) in [6, 6.07) is 14.6. The van der Waals surface area contributed by atoms with Gasteiger partial charge >= 0.3 is 12.0 Å². The summed E-state index contributed by atoms with van der Waals surface area (Å²) in [5, 5.41) is 2.84. The van der Waals surface area contributed by atoms with Crippen molar-refractivity contribution >= 4 is 12.0 Å². The van der Waals surface area contributed by atoms with Crippen LogP contribution >= 0.6 is 0 Å². The van der Waals surface area contributed by atoms with Crippen molar-refractivity contribution in [1.82, 2.24) is 20.1 Å². The predicted molar refractivity (Wildman–Crippen MR) is 110 cm³/mol. The van der Waals surface area contributed by atoms with Crippen molar-refractivity contribution in [1.29, 1.82) is 0 Å². The fourth-order valence-corrected chi connectivity index (χ4v) is 3.42. The number of aromatic nitrogens is 1. The lowest BCUT2D eigenvalue weighted by Crippen LogP contribution is -2.55. The van der Waals surface area contributed by atoms with Gasteiger partial charge in [-0.25, -0.2) is 9.59 Å². The smallest absolute Gasteiger partial charge is 0.328 e. The van der Waals surface area contributed by atoms with Crippen LogP contribution in [0.1, 0.15) is 11.3 Å². The fourth-order valence-electron chi connectivity index (χ4n) is 3.42. The number of nitrogens with one attached hydrogen (secondary N) is 1. The fraction of sp³-hybridized carbons (Fsp3) is 0.409. The molecule has 154 valence electrons. The van der Waals surface area contributed by atoms with E-state index in [1.54, 1.807) is 4.90 Å². The number of carbonyl (C=O) groups excluding carboxylic acids is 2. The second-order valence-electron chi connectivity index (χ2n) is 7.11. The number of esters is 1. The van der Waals surface area contributed by atoms with Gasteiger partial charge in [0.05, 0.1) is 7.11 Å². The highest BCUT2D eigenvalue weighted by Crippen LogP contribution is 2.08. The van der Waals surface area contributed by atoms with Gasteiger partial charge in [0, 0.05) is 57.5 Å². The van der Waals surface area contributed by atoms with Crippen LogP contribution in [0.15, 0.2) is 54.7 Å². The number of piperazine rings is 1. The number of methoxy groups -OCH3 is 1. The summed E-state index contributed by atoms with van der Waals surface area (Å²) in [6.07, 6.45) is 3.11. The Kier molecular flexibility index (Phi) is 7.58. The molecule has 1 aromatic carbocycles. The molecule has 0 radical (unpaired) electrons. The number of ether oxygens (including phenoxy) is 1. The molecule has 1 aliphatic heterocycles. The zero-order valence-electron chi connectivity index (χ0n) is 16.8. The lowest BCUT2D eigenvalue weighted by molar-refractivity contribution is -0.142. The molecule has 1 fully saturated rings. The molecule has 1 aromatic heterocycles. The Bertz CT molecular complexity index is 777. The first kappa shape index (κ1) is 20.8. The maximum absolute atomic E-state index is 12.7. The van der Waals surface area contributed by atoms with Crippen LogP contribution in [0.2, 0.25) is 0 Å². The number of rotatable bonds is 7. The Morgan fingerprint density at radius 2 is 1.79 bits per heavy atom. The van der Waals surface area contributed by atoms with Gasteiger partial charge in [0.2, 0.25) is 0 Å². The summed E-state index contributed by atoms with van der Waals surface area (Å²) in [7, 11) is 1.34. The average Bonchev–Trinajstić information content (AvgIpc) is 2.78. The van der Waals surface area contributed by atoms with E-state index in [0.29, 0.717) is 19.5 Å². The number of nitrogens with zero attached hydrogens (tertiary/aromatic N) is 3. The van der Waals surface area contributed by atoms with Crippen molar-refractivity contribution in [2.75, 3.05) is 39.8 Å². The highest BCUT2D eigenvalue weighted by Gasteiger charge is 2.26. The standard InChI is InChI=1S/C22H28N4O3/c1-29-21(27)20(17-18-7-3-2-4-8-18)24-22(28)26-15-13-25(14-16-26)12-10-19-9-5-6-11-23-19/h2-9,11,20H,10,12-17H2,1H3,(H,24,28)/t20-/m1/s1. The summed E-state index contributed by atoms with van der Waals surface area (Å²) in [5.74, 6) is -0.434. The van der Waals surface area contributed by atoms with E-state index in [0.717, 1.165) is 37.3 Å². The summed E-state index contributed by atoms with van der Waals surface area (Å²) in [6.45, 7) is 3.80. The van der Waals surface area contributed by atoms with Crippen LogP contribution in [-0.4, -0.2) is 72.7 Å². The molecule has 2 amide bonds. The lowest BCUT2D eigenvalue weighted by atomic mass is 10.1. The second kappa shape index (κ2) is 10.6. The van der Waals surface area contributed by atoms with Crippen molar-refractivity contribution in [2.24, 2.45) is 0 Å². The Morgan fingerprint density at radius 1 is 1.07 bits per heavy atom. The van der Waals surface area contributed by atoms with Crippen LogP contribution in [0.4, 0.5) is 4.79 Å². The van der Waals surface area contributed by atoms with Gasteiger partial charge in [0.1, 0.15) is 6.04 Å². The molecule has 2 aromatic rings. The monoisotopic (exact) mass is 396 g/mol. The largest absolute Gasteiger partial charge is 0.467 e. The van der Waals surface area contributed by atoms with E-state index in [9.17, 15) is 9.59 Å². The third kappa shape index (κ3) is 6.29. The highest BCUT2D eigenvalue weighted by molar-refractivity contribution is 5.83. The third-order valence-electron chi connectivity index (χ3n) is 5.14. The number of hydrogen-bond donors (Lipinski definition) is 1. The van der Waals surface area contributed by atoms with Crippen molar-refractivity contribution < 1.29 is 14.3 Å². The van der Waals surface area contributed by atoms with E-state index in [4.69, 9.17) is 4.74 Å². The molecule has 1 aliphatic rings. The highest BCUT2D eigenvalue weighted by atomic mass is 16.5. The molecule has 29 heavy (non-hydrogen) atoms. The van der Waals surface area contributed by atoms with Gasteiger partial charge in [0.15, 0.2) is 0 Å². The van der Waals surface area contributed by atoms with E-state index < -0.39 is 12.0 Å². The molecule has 1 N–H and O–H groups in total. The van der Waals surface area contributed by atoms with Gasteiger partial charge in [-0.15, -0.1) is 0 Å². The van der Waals surface area contributed by atoms with Gasteiger partial charge in [-0.1, -0.05) is 36.4 Å². The predicted octanol–water partition coefficient (Wildman–Crippen LogP) is 1.74. The third-order valence-corrected chi connectivity index (χ3v) is 5.14. The minimum absolute atomic E-state index is 0.222. The average molecular weight is 396 g/mol. The Hall–Kier alpha value is -2.93. The van der Waals surface area contributed by atoms with Crippen LogP contribution in [0.25, 0.3) is 0 Å². The van der Waals surface area contributed by atoms with Gasteiger partial charge in [0.25, 0.3) is 0 Å². The van der Waals surface area contributed by atoms with Crippen LogP contribution in [0, 0.1) is 0 Å². The van der Waals surface area contributed by atoms with Gasteiger partial charge in [-0.05, 0) is 17.7 Å². The molecule has 0 spiro atoms. The lowest BCUT2D eigenvalue weighted by Gasteiger charge is -2.35. The molecule has 1 saturated heterocycles. The molecule has 1 atom stereocenters. The van der Waals surface area contributed by atoms with E-state index in [1.165, 1.54) is 7.11 Å². The topological polar surface area (TPSA) is 74.8 Å². The van der Waals surface area contributed by atoms with Crippen molar-refractivity contribution in [3.05, 3.63) is 66.0 Å². The minimum atomic E-state index is -0.697. The minimum Gasteiger partial charge on any atom is -0.467 e. The zero-order valence-corrected chi connectivity index (χ0v) is 16.8. The van der Waals surface area contributed by atoms with E-state index >= 15 is 0 Å². The van der Waals surface area contributed by atoms with E-state index in [2.05, 4.69) is 15.2 Å². The van der Waals surface area contributed by atoms with Crippen LogP contribution in [0.5, 0.6) is 0 Å². The molecule has 2 heterocycles. The maximum atomic E-state index is 12.7. The number of amides is 2. The Balaban J connectivity index is 1.47. The molecule has 7 nitrogen and oxygen atoms in total. The molecule has 0 aliphatic carbocycles. The van der Waals surface area contributed by atoms with Crippen LogP contribution < -0.4 is 5.32 Å². The summed E-state index contributed by atoms with van der Waals surface area (Å²) < 4.78 is 4.88. The van der Waals surface area contributed by atoms with E-state index in [-0.39, 0.29) is 6.03 Å². The molecule has 0 unspecified atom stereocenters. The van der Waals surface area contributed by atoms with Crippen molar-refractivity contribution in [3.8, 4) is 0 Å². The maximum Gasteiger partial charge on any atom is 0.328 e. The van der Waals surface area contributed by atoms with Gasteiger partial charge < -0.3 is 15.0 Å². The SMILES string of the molecule is COC(=O)[C@@H](Cc1ccccc1)NC(=O)N1CCN(CCc2ccccn2)CC1. The second-order valence-corrected chi connectivity index (χ2v) is 7.11. The molecule has 0 bridgehead atoms. The van der Waals surface area contributed by atoms with Crippen LogP contribution in [0.3, 0.4) is 0 Å². The van der Waals surface area contributed by atoms with Gasteiger partial charge in [-0.3, -0.25) is 9.88 Å². The van der Waals surface area contributed by atoms with Crippen LogP contribution in [-0.2, 0) is 22.4 Å². The molecule has 7 heteroatoms. The zero-order chi connectivity index (χ0) is 20.5. The molecule has 0 saturated carbocycles. The molecular weight excluding hydrogens is 368 g/mol. The first-order valence-corrected chi connectivity index (χ1v) is 9.95. The summed E-state index contributed by atoms with van der Waals surface area (Å²) in [4.78, 5) is 33.3. The van der Waals surface area contributed by atoms with Gasteiger partial charge in [-0.2, -0.15) is 0 Å². The number of benzene rings is 1. The normalized spacial score (nSPS) is 15.6. The van der Waals surface area contributed by atoms with E-state index in [1.807, 2.05) is 54.7 Å². The Labute approximate surface area is 171 Å². The van der Waals surface area contributed by atoms with Crippen molar-refractivity contribution in [3.63, 3.8) is 0 Å². The number of pyridine rings is 1. The number of hydrogen-bond acceptors (Lipinski definition) is 5. The van der Waals surface area contributed by atoms with Crippen molar-refractivity contribution in [2.45, 2.75) is 18.9 Å². The molecular formula is C22H28N4O3.